The molecular weight excluding hydrogens is 230 g/mol. The lowest BCUT2D eigenvalue weighted by Gasteiger charge is -2.14. The Morgan fingerprint density at radius 1 is 1.56 bits per heavy atom. The van der Waals surface area contributed by atoms with Crippen molar-refractivity contribution in [1.29, 1.82) is 0 Å². The van der Waals surface area contributed by atoms with Gasteiger partial charge >= 0.3 is 0 Å². The van der Waals surface area contributed by atoms with Crippen LogP contribution in [0.2, 0.25) is 0 Å². The van der Waals surface area contributed by atoms with Gasteiger partial charge in [-0.1, -0.05) is 0 Å². The van der Waals surface area contributed by atoms with E-state index in [2.05, 4.69) is 20.6 Å². The largest absolute Gasteiger partial charge is 0.348 e. The molecule has 0 aliphatic rings. The van der Waals surface area contributed by atoms with Crippen LogP contribution in [0.25, 0.3) is 0 Å². The second kappa shape index (κ2) is 5.03. The number of hydrogen-bond donors (Lipinski definition) is 2. The minimum Gasteiger partial charge on any atom is -0.348 e. The van der Waals surface area contributed by atoms with Gasteiger partial charge in [0.25, 0.3) is 5.91 Å². The van der Waals surface area contributed by atoms with Crippen molar-refractivity contribution in [2.45, 2.75) is 33.4 Å². The summed E-state index contributed by atoms with van der Waals surface area (Å²) >= 11 is 0. The Hall–Kier alpha value is -2.11. The number of rotatable bonds is 4. The average Bonchev–Trinajstić information content (AvgIpc) is 2.89. The molecular formula is C12H17N5O. The van der Waals surface area contributed by atoms with Crippen LogP contribution in [-0.4, -0.2) is 31.9 Å². The quantitative estimate of drug-likeness (QED) is 0.847. The fraction of sp³-hybridized carbons (Fsp3) is 0.417. The Labute approximate surface area is 105 Å². The molecule has 0 aliphatic carbocycles. The summed E-state index contributed by atoms with van der Waals surface area (Å²) in [4.78, 5) is 12.1. The molecule has 2 rings (SSSR count). The van der Waals surface area contributed by atoms with Crippen molar-refractivity contribution in [2.75, 3.05) is 0 Å². The first kappa shape index (κ1) is 12.3. The Balaban J connectivity index is 1.99. The summed E-state index contributed by atoms with van der Waals surface area (Å²) in [6, 6.07) is 1.87. The predicted octanol–water partition coefficient (Wildman–Crippen LogP) is 1.04. The Morgan fingerprint density at radius 3 is 2.89 bits per heavy atom. The molecule has 2 heterocycles. The first-order chi connectivity index (χ1) is 8.58. The molecule has 1 atom stereocenters. The van der Waals surface area contributed by atoms with Gasteiger partial charge in [0, 0.05) is 24.1 Å². The van der Waals surface area contributed by atoms with E-state index in [1.54, 1.807) is 10.9 Å². The number of H-pyrrole nitrogens is 1. The van der Waals surface area contributed by atoms with E-state index in [-0.39, 0.29) is 11.9 Å². The number of nitrogens with one attached hydrogen (secondary N) is 2. The van der Waals surface area contributed by atoms with Crippen LogP contribution in [0.3, 0.4) is 0 Å². The lowest BCUT2D eigenvalue weighted by atomic mass is 10.1. The molecule has 0 aromatic carbocycles. The molecule has 1 amide bonds. The van der Waals surface area contributed by atoms with Crippen molar-refractivity contribution in [1.82, 2.24) is 25.3 Å². The van der Waals surface area contributed by atoms with Gasteiger partial charge in [-0.15, -0.1) is 0 Å². The molecule has 0 spiro atoms. The number of amides is 1. The zero-order valence-corrected chi connectivity index (χ0v) is 10.8. The molecule has 2 aromatic heterocycles. The van der Waals surface area contributed by atoms with E-state index in [1.165, 1.54) is 0 Å². The number of aryl methyl sites for hydroxylation is 2. The molecule has 0 radical (unpaired) electrons. The highest BCUT2D eigenvalue weighted by Gasteiger charge is 2.17. The van der Waals surface area contributed by atoms with Gasteiger partial charge in [0.05, 0.1) is 17.8 Å². The van der Waals surface area contributed by atoms with Crippen LogP contribution in [0, 0.1) is 13.8 Å². The lowest BCUT2D eigenvalue weighted by Crippen LogP contribution is -2.36. The molecule has 1 unspecified atom stereocenters. The number of nitrogens with zero attached hydrogens (tertiary/aromatic N) is 3. The van der Waals surface area contributed by atoms with Gasteiger partial charge in [-0.05, 0) is 26.8 Å². The van der Waals surface area contributed by atoms with Gasteiger partial charge < -0.3 is 5.32 Å². The molecule has 2 N–H and O–H groups in total. The molecule has 6 nitrogen and oxygen atoms in total. The predicted molar refractivity (Wildman–Crippen MR) is 67.2 cm³/mol. The normalized spacial score (nSPS) is 12.4. The summed E-state index contributed by atoms with van der Waals surface area (Å²) in [5.74, 6) is -0.0987. The molecule has 0 saturated heterocycles. The maximum Gasteiger partial charge on any atom is 0.255 e. The Bertz CT molecular complexity index is 509. The molecule has 96 valence electrons. The molecule has 6 heteroatoms. The van der Waals surface area contributed by atoms with E-state index in [9.17, 15) is 4.79 Å². The number of aromatic nitrogens is 4. The van der Waals surface area contributed by atoms with Crippen molar-refractivity contribution in [3.05, 3.63) is 35.4 Å². The number of hydrogen-bond acceptors (Lipinski definition) is 3. The van der Waals surface area contributed by atoms with Crippen molar-refractivity contribution < 1.29 is 4.79 Å². The van der Waals surface area contributed by atoms with Crippen molar-refractivity contribution in [3.8, 4) is 0 Å². The zero-order valence-electron chi connectivity index (χ0n) is 10.8. The van der Waals surface area contributed by atoms with Gasteiger partial charge in [-0.3, -0.25) is 14.6 Å². The third-order valence-corrected chi connectivity index (χ3v) is 2.75. The van der Waals surface area contributed by atoms with Gasteiger partial charge in [0.15, 0.2) is 0 Å². The average molecular weight is 247 g/mol. The van der Waals surface area contributed by atoms with Crippen LogP contribution < -0.4 is 5.32 Å². The van der Waals surface area contributed by atoms with E-state index in [0.717, 1.165) is 11.4 Å². The topological polar surface area (TPSA) is 75.6 Å². The molecule has 0 saturated carbocycles. The second-order valence-electron chi connectivity index (χ2n) is 4.41. The summed E-state index contributed by atoms with van der Waals surface area (Å²) < 4.78 is 1.79. The van der Waals surface area contributed by atoms with Crippen LogP contribution >= 0.6 is 0 Å². The van der Waals surface area contributed by atoms with Crippen molar-refractivity contribution >= 4 is 5.91 Å². The highest BCUT2D eigenvalue weighted by Crippen LogP contribution is 2.09. The number of aromatic amines is 1. The van der Waals surface area contributed by atoms with Gasteiger partial charge in [0.1, 0.15) is 0 Å². The van der Waals surface area contributed by atoms with Gasteiger partial charge in [0.2, 0.25) is 0 Å². The minimum atomic E-state index is -0.0987. The van der Waals surface area contributed by atoms with E-state index >= 15 is 0 Å². The smallest absolute Gasteiger partial charge is 0.255 e. The second-order valence-corrected chi connectivity index (χ2v) is 4.41. The van der Waals surface area contributed by atoms with Crippen molar-refractivity contribution in [2.24, 2.45) is 0 Å². The van der Waals surface area contributed by atoms with Crippen LogP contribution in [0.4, 0.5) is 0 Å². The standard InChI is InChI=1S/C12H17N5O/c1-8(7-17-6-4-5-13-17)14-12(18)11-9(2)15-16-10(11)3/h4-6,8H,7H2,1-3H3,(H,14,18)(H,15,16). The summed E-state index contributed by atoms with van der Waals surface area (Å²) in [7, 11) is 0. The van der Waals surface area contributed by atoms with Crippen LogP contribution in [0.1, 0.15) is 28.7 Å². The Kier molecular flexibility index (Phi) is 3.45. The highest BCUT2D eigenvalue weighted by molar-refractivity contribution is 5.96. The van der Waals surface area contributed by atoms with Crippen LogP contribution in [-0.2, 0) is 6.54 Å². The first-order valence-corrected chi connectivity index (χ1v) is 5.87. The number of carbonyl (C=O) groups excluding carboxylic acids is 1. The molecule has 18 heavy (non-hydrogen) atoms. The Morgan fingerprint density at radius 2 is 2.33 bits per heavy atom. The van der Waals surface area contributed by atoms with Gasteiger partial charge in [-0.25, -0.2) is 0 Å². The highest BCUT2D eigenvalue weighted by atomic mass is 16.1. The van der Waals surface area contributed by atoms with Gasteiger partial charge in [-0.2, -0.15) is 10.2 Å². The maximum atomic E-state index is 12.1. The van der Waals surface area contributed by atoms with Crippen LogP contribution in [0.15, 0.2) is 18.5 Å². The molecule has 0 bridgehead atoms. The lowest BCUT2D eigenvalue weighted by molar-refractivity contribution is 0.0935. The zero-order chi connectivity index (χ0) is 13.1. The summed E-state index contributed by atoms with van der Waals surface area (Å²) in [5, 5.41) is 13.9. The van der Waals surface area contributed by atoms with E-state index in [4.69, 9.17) is 0 Å². The monoisotopic (exact) mass is 247 g/mol. The summed E-state index contributed by atoms with van der Waals surface area (Å²) in [6.45, 7) is 6.25. The van der Waals surface area contributed by atoms with E-state index in [1.807, 2.05) is 33.0 Å². The fourth-order valence-corrected chi connectivity index (χ4v) is 1.92. The minimum absolute atomic E-state index is 0.00565. The molecule has 2 aromatic rings. The van der Waals surface area contributed by atoms with E-state index in [0.29, 0.717) is 12.1 Å². The van der Waals surface area contributed by atoms with E-state index < -0.39 is 0 Å². The molecule has 0 fully saturated rings. The number of carbonyl (C=O) groups is 1. The van der Waals surface area contributed by atoms with Crippen LogP contribution in [0.5, 0.6) is 0 Å². The maximum absolute atomic E-state index is 12.1. The summed E-state index contributed by atoms with van der Waals surface area (Å²) in [6.07, 6.45) is 3.59. The third kappa shape index (κ3) is 2.58. The fourth-order valence-electron chi connectivity index (χ4n) is 1.92. The SMILES string of the molecule is Cc1n[nH]c(C)c1C(=O)NC(C)Cn1cccn1. The molecule has 0 aliphatic heterocycles. The summed E-state index contributed by atoms with van der Waals surface area (Å²) in [5.41, 5.74) is 2.13. The third-order valence-electron chi connectivity index (χ3n) is 2.75. The first-order valence-electron chi connectivity index (χ1n) is 5.87. The van der Waals surface area contributed by atoms with Crippen molar-refractivity contribution in [3.63, 3.8) is 0 Å².